The van der Waals surface area contributed by atoms with Gasteiger partial charge in [0.15, 0.2) is 6.07 Å². The van der Waals surface area contributed by atoms with E-state index in [1.54, 1.807) is 0 Å². The normalized spacial score (nSPS) is 6.78. The third-order valence-corrected chi connectivity index (χ3v) is 0.461. The lowest BCUT2D eigenvalue weighted by Gasteiger charge is -1.94. The Kier molecular flexibility index (Phi) is 8.96. The summed E-state index contributed by atoms with van der Waals surface area (Å²) in [6.45, 7) is 3.12. The Labute approximate surface area is 58.0 Å². The standard InChI is InChI=1S/C4H5ClO3.H3N/c1-2-7-4(6)8-3-5;/h2H,1,3H2;1H3. The predicted octanol–water partition coefficient (Wildman–Crippen LogP) is 1.64. The molecule has 0 amide bonds. The highest BCUT2D eigenvalue weighted by atomic mass is 35.5. The zero-order valence-electron chi connectivity index (χ0n) is 4.80. The Bertz CT molecular complexity index is 95.8. The van der Waals surface area contributed by atoms with Gasteiger partial charge in [0.2, 0.25) is 0 Å². The quantitative estimate of drug-likeness (QED) is 0.372. The third kappa shape index (κ3) is 7.26. The van der Waals surface area contributed by atoms with Gasteiger partial charge in [-0.3, -0.25) is 0 Å². The molecule has 0 aromatic rings. The zero-order chi connectivity index (χ0) is 6.41. The molecule has 0 aromatic heterocycles. The van der Waals surface area contributed by atoms with Gasteiger partial charge in [-0.15, -0.1) is 0 Å². The topological polar surface area (TPSA) is 70.5 Å². The van der Waals surface area contributed by atoms with Crippen LogP contribution >= 0.6 is 11.6 Å². The zero-order valence-corrected chi connectivity index (χ0v) is 5.56. The molecule has 0 aliphatic heterocycles. The summed E-state index contributed by atoms with van der Waals surface area (Å²) in [7, 11) is 0. The molecule has 0 aliphatic carbocycles. The van der Waals surface area contributed by atoms with Crippen molar-refractivity contribution in [3.8, 4) is 0 Å². The SMILES string of the molecule is C=COC(=O)OCCl.N. The van der Waals surface area contributed by atoms with E-state index in [2.05, 4.69) is 16.1 Å². The minimum Gasteiger partial charge on any atom is -0.418 e. The maximum Gasteiger partial charge on any atom is 0.514 e. The molecule has 0 spiro atoms. The summed E-state index contributed by atoms with van der Waals surface area (Å²) in [5.74, 6) is 0. The second-order valence-corrected chi connectivity index (χ2v) is 1.01. The number of ether oxygens (including phenoxy) is 2. The monoisotopic (exact) mass is 153 g/mol. The van der Waals surface area contributed by atoms with Crippen molar-refractivity contribution in [2.45, 2.75) is 0 Å². The van der Waals surface area contributed by atoms with Crippen LogP contribution in [0.5, 0.6) is 0 Å². The van der Waals surface area contributed by atoms with Crippen LogP contribution in [0, 0.1) is 0 Å². The van der Waals surface area contributed by atoms with Gasteiger partial charge in [0, 0.05) is 0 Å². The Morgan fingerprint density at radius 2 is 2.33 bits per heavy atom. The Morgan fingerprint density at radius 3 is 2.67 bits per heavy atom. The molecule has 0 fully saturated rings. The first-order chi connectivity index (χ1) is 3.81. The fourth-order valence-electron chi connectivity index (χ4n) is 0.147. The molecule has 5 heteroatoms. The van der Waals surface area contributed by atoms with E-state index < -0.39 is 6.16 Å². The minimum atomic E-state index is -0.838. The van der Waals surface area contributed by atoms with E-state index in [1.807, 2.05) is 0 Å². The second-order valence-electron chi connectivity index (χ2n) is 0.788. The molecule has 0 rings (SSSR count). The van der Waals surface area contributed by atoms with E-state index in [1.165, 1.54) is 0 Å². The van der Waals surface area contributed by atoms with Gasteiger partial charge < -0.3 is 15.6 Å². The van der Waals surface area contributed by atoms with E-state index in [4.69, 9.17) is 11.6 Å². The molecule has 4 nitrogen and oxygen atoms in total. The van der Waals surface area contributed by atoms with Crippen LogP contribution in [-0.4, -0.2) is 12.2 Å². The van der Waals surface area contributed by atoms with Crippen molar-refractivity contribution in [1.29, 1.82) is 0 Å². The van der Waals surface area contributed by atoms with Gasteiger partial charge in [-0.1, -0.05) is 18.2 Å². The largest absolute Gasteiger partial charge is 0.514 e. The fourth-order valence-corrected chi connectivity index (χ4v) is 0.236. The lowest BCUT2D eigenvalue weighted by molar-refractivity contribution is 0.100. The highest BCUT2D eigenvalue weighted by molar-refractivity contribution is 6.17. The maximum atomic E-state index is 10.0. The number of carbonyl (C=O) groups excluding carboxylic acids is 1. The Balaban J connectivity index is 0. The molecule has 0 saturated carbocycles. The maximum absolute atomic E-state index is 10.0. The van der Waals surface area contributed by atoms with Crippen molar-refractivity contribution < 1.29 is 14.3 Å². The van der Waals surface area contributed by atoms with Crippen LogP contribution in [0.25, 0.3) is 0 Å². The van der Waals surface area contributed by atoms with Crippen molar-refractivity contribution in [3.63, 3.8) is 0 Å². The summed E-state index contributed by atoms with van der Waals surface area (Å²) in [6, 6.07) is -0.202. The molecular formula is C4H8ClNO3. The van der Waals surface area contributed by atoms with Gasteiger partial charge in [-0.05, 0) is 0 Å². The van der Waals surface area contributed by atoms with Crippen LogP contribution < -0.4 is 6.15 Å². The van der Waals surface area contributed by atoms with Crippen LogP contribution in [0.4, 0.5) is 4.79 Å². The lowest BCUT2D eigenvalue weighted by atomic mass is 11.1. The molecule has 9 heavy (non-hydrogen) atoms. The van der Waals surface area contributed by atoms with E-state index in [0.717, 1.165) is 6.26 Å². The molecule has 0 unspecified atom stereocenters. The minimum absolute atomic E-state index is 0. The molecular weight excluding hydrogens is 146 g/mol. The molecule has 0 aliphatic rings. The summed E-state index contributed by atoms with van der Waals surface area (Å²) >= 11 is 4.97. The second kappa shape index (κ2) is 7.26. The molecule has 0 atom stereocenters. The van der Waals surface area contributed by atoms with Crippen molar-refractivity contribution in [2.75, 3.05) is 6.07 Å². The summed E-state index contributed by atoms with van der Waals surface area (Å²) in [5.41, 5.74) is 0. The van der Waals surface area contributed by atoms with Crippen molar-refractivity contribution in [1.82, 2.24) is 6.15 Å². The van der Waals surface area contributed by atoms with Crippen LogP contribution in [-0.2, 0) is 9.47 Å². The van der Waals surface area contributed by atoms with Crippen LogP contribution in [0.15, 0.2) is 12.8 Å². The number of halogens is 1. The molecule has 0 bridgehead atoms. The van der Waals surface area contributed by atoms with E-state index >= 15 is 0 Å². The molecule has 54 valence electrons. The van der Waals surface area contributed by atoms with Gasteiger partial charge in [0.05, 0.1) is 6.26 Å². The van der Waals surface area contributed by atoms with E-state index in [-0.39, 0.29) is 12.2 Å². The van der Waals surface area contributed by atoms with Crippen LogP contribution in [0.3, 0.4) is 0 Å². The molecule has 0 saturated heterocycles. The fraction of sp³-hybridized carbons (Fsp3) is 0.250. The van der Waals surface area contributed by atoms with Crippen molar-refractivity contribution in [2.24, 2.45) is 0 Å². The summed E-state index contributed by atoms with van der Waals surface area (Å²) in [6.07, 6.45) is 0.129. The van der Waals surface area contributed by atoms with Crippen LogP contribution in [0.2, 0.25) is 0 Å². The summed E-state index contributed by atoms with van der Waals surface area (Å²) < 4.78 is 8.22. The third-order valence-electron chi connectivity index (χ3n) is 0.352. The lowest BCUT2D eigenvalue weighted by Crippen LogP contribution is -2.00. The first kappa shape index (κ1) is 11.1. The Morgan fingerprint density at radius 1 is 1.78 bits per heavy atom. The Hall–Kier alpha value is -0.740. The summed E-state index contributed by atoms with van der Waals surface area (Å²) in [4.78, 5) is 10.0. The van der Waals surface area contributed by atoms with E-state index in [0.29, 0.717) is 0 Å². The molecule has 0 heterocycles. The number of carbonyl (C=O) groups is 1. The van der Waals surface area contributed by atoms with E-state index in [9.17, 15) is 4.79 Å². The van der Waals surface area contributed by atoms with Gasteiger partial charge in [0.25, 0.3) is 0 Å². The number of hydrogen-bond acceptors (Lipinski definition) is 4. The first-order valence-corrected chi connectivity index (χ1v) is 2.35. The van der Waals surface area contributed by atoms with Gasteiger partial charge in [0.1, 0.15) is 0 Å². The molecule has 3 N–H and O–H groups in total. The van der Waals surface area contributed by atoms with Crippen molar-refractivity contribution >= 4 is 17.8 Å². The van der Waals surface area contributed by atoms with Gasteiger partial charge >= 0.3 is 6.16 Å². The predicted molar refractivity (Wildman–Crippen MR) is 33.5 cm³/mol. The smallest absolute Gasteiger partial charge is 0.418 e. The number of hydrogen-bond donors (Lipinski definition) is 1. The highest BCUT2D eigenvalue weighted by Gasteiger charge is 1.95. The van der Waals surface area contributed by atoms with Gasteiger partial charge in [-0.25, -0.2) is 4.79 Å². The molecule has 0 radical (unpaired) electrons. The first-order valence-electron chi connectivity index (χ1n) is 1.81. The summed E-state index contributed by atoms with van der Waals surface area (Å²) in [5, 5.41) is 0. The average molecular weight is 154 g/mol. The number of alkyl halides is 1. The molecule has 0 aromatic carbocycles. The number of rotatable bonds is 2. The van der Waals surface area contributed by atoms with Crippen LogP contribution in [0.1, 0.15) is 0 Å². The van der Waals surface area contributed by atoms with Crippen molar-refractivity contribution in [3.05, 3.63) is 12.8 Å². The highest BCUT2D eigenvalue weighted by Crippen LogP contribution is 1.85. The average Bonchev–Trinajstić information content (AvgIpc) is 1.68. The van der Waals surface area contributed by atoms with Gasteiger partial charge in [-0.2, -0.15) is 0 Å².